The van der Waals surface area contributed by atoms with Crippen molar-refractivity contribution < 1.29 is 9.59 Å². The maximum Gasteiger partial charge on any atom is 0.258 e. The molecule has 29 heavy (non-hydrogen) atoms. The van der Waals surface area contributed by atoms with E-state index in [1.807, 2.05) is 6.07 Å². The second-order valence-corrected chi connectivity index (χ2v) is 5.98. The minimum absolute atomic E-state index is 0.217. The Morgan fingerprint density at radius 1 is 0.931 bits per heavy atom. The van der Waals surface area contributed by atoms with Crippen molar-refractivity contribution in [2.45, 2.75) is 0 Å². The first-order chi connectivity index (χ1) is 14.1. The molecule has 2 aromatic carbocycles. The van der Waals surface area contributed by atoms with Crippen LogP contribution in [0.15, 0.2) is 66.9 Å². The Morgan fingerprint density at radius 3 is 2.28 bits per heavy atom. The Balaban J connectivity index is 0.00000145. The fourth-order valence-corrected chi connectivity index (χ4v) is 2.51. The summed E-state index contributed by atoms with van der Waals surface area (Å²) in [6.45, 7) is 0. The number of nitrogens with zero attached hydrogens (tertiary/aromatic N) is 1. The number of carbonyl (C=O) groups is 2. The summed E-state index contributed by atoms with van der Waals surface area (Å²) in [5.74, 6) is 2.00. The zero-order chi connectivity index (χ0) is 21.2. The van der Waals surface area contributed by atoms with Crippen molar-refractivity contribution in [1.82, 2.24) is 4.98 Å². The van der Waals surface area contributed by atoms with E-state index in [0.717, 1.165) is 0 Å². The molecule has 0 radical (unpaired) electrons. The Bertz CT molecular complexity index is 1070. The summed E-state index contributed by atoms with van der Waals surface area (Å²) < 4.78 is 0. The zero-order valence-corrected chi connectivity index (χ0v) is 16.0. The second kappa shape index (κ2) is 10.3. The SMILES string of the molecule is C#C.C#Cc1ccc(NC(=O)c2cc(Cl)ccc2NC(=O)c2ccccc2)nc1. The van der Waals surface area contributed by atoms with E-state index in [0.29, 0.717) is 27.7 Å². The smallest absolute Gasteiger partial charge is 0.258 e. The average Bonchev–Trinajstić information content (AvgIpc) is 2.77. The van der Waals surface area contributed by atoms with Crippen molar-refractivity contribution in [3.8, 4) is 25.2 Å². The molecule has 2 amide bonds. The van der Waals surface area contributed by atoms with Gasteiger partial charge in [0.1, 0.15) is 5.82 Å². The molecule has 0 atom stereocenters. The number of anilines is 2. The fourth-order valence-electron chi connectivity index (χ4n) is 2.33. The summed E-state index contributed by atoms with van der Waals surface area (Å²) in [5, 5.41) is 5.76. The van der Waals surface area contributed by atoms with Gasteiger partial charge in [-0.15, -0.1) is 19.3 Å². The Labute approximate surface area is 174 Å². The quantitative estimate of drug-likeness (QED) is 0.633. The Hall–Kier alpha value is -4.06. The molecule has 0 saturated carbocycles. The second-order valence-electron chi connectivity index (χ2n) is 5.54. The monoisotopic (exact) mass is 401 g/mol. The average molecular weight is 402 g/mol. The number of rotatable bonds is 4. The van der Waals surface area contributed by atoms with E-state index < -0.39 is 5.91 Å². The number of terminal acetylenes is 2. The Kier molecular flexibility index (Phi) is 7.56. The van der Waals surface area contributed by atoms with Gasteiger partial charge in [-0.3, -0.25) is 9.59 Å². The van der Waals surface area contributed by atoms with E-state index in [-0.39, 0.29) is 11.5 Å². The molecule has 0 bridgehead atoms. The van der Waals surface area contributed by atoms with Crippen molar-refractivity contribution in [2.75, 3.05) is 10.6 Å². The molecule has 0 aliphatic carbocycles. The minimum Gasteiger partial charge on any atom is -0.321 e. The molecular weight excluding hydrogens is 386 g/mol. The lowest BCUT2D eigenvalue weighted by Crippen LogP contribution is -2.18. The molecule has 0 aliphatic heterocycles. The van der Waals surface area contributed by atoms with Crippen LogP contribution in [0, 0.1) is 25.2 Å². The normalized spacial score (nSPS) is 9.31. The number of hydrogen-bond acceptors (Lipinski definition) is 3. The van der Waals surface area contributed by atoms with Crippen LogP contribution in [0.3, 0.4) is 0 Å². The van der Waals surface area contributed by atoms with Crippen LogP contribution in [0.25, 0.3) is 0 Å². The molecule has 0 spiro atoms. The molecule has 3 rings (SSSR count). The van der Waals surface area contributed by atoms with Crippen molar-refractivity contribution in [2.24, 2.45) is 0 Å². The maximum atomic E-state index is 12.7. The Morgan fingerprint density at radius 2 is 1.66 bits per heavy atom. The zero-order valence-electron chi connectivity index (χ0n) is 15.2. The van der Waals surface area contributed by atoms with Gasteiger partial charge in [-0.2, -0.15) is 0 Å². The van der Waals surface area contributed by atoms with Gasteiger partial charge in [0.25, 0.3) is 11.8 Å². The molecule has 1 heterocycles. The highest BCUT2D eigenvalue weighted by atomic mass is 35.5. The minimum atomic E-state index is -0.457. The van der Waals surface area contributed by atoms with Crippen molar-refractivity contribution >= 4 is 34.9 Å². The lowest BCUT2D eigenvalue weighted by molar-refractivity contribution is 0.102. The van der Waals surface area contributed by atoms with Crippen LogP contribution in [0.1, 0.15) is 26.3 Å². The molecule has 5 nitrogen and oxygen atoms in total. The van der Waals surface area contributed by atoms with Crippen LogP contribution in [0.5, 0.6) is 0 Å². The van der Waals surface area contributed by atoms with Crippen LogP contribution in [-0.2, 0) is 0 Å². The third-order valence-corrected chi connectivity index (χ3v) is 3.92. The lowest BCUT2D eigenvalue weighted by Gasteiger charge is -2.12. The van der Waals surface area contributed by atoms with Crippen molar-refractivity contribution in [1.29, 1.82) is 0 Å². The molecule has 3 aromatic rings. The molecule has 142 valence electrons. The molecule has 1 aromatic heterocycles. The highest BCUT2D eigenvalue weighted by Gasteiger charge is 2.16. The van der Waals surface area contributed by atoms with Crippen LogP contribution >= 0.6 is 11.6 Å². The molecule has 2 N–H and O–H groups in total. The van der Waals surface area contributed by atoms with Gasteiger partial charge in [0.05, 0.1) is 11.3 Å². The third-order valence-electron chi connectivity index (χ3n) is 3.68. The van der Waals surface area contributed by atoms with Crippen molar-refractivity contribution in [3.63, 3.8) is 0 Å². The van der Waals surface area contributed by atoms with E-state index >= 15 is 0 Å². The number of hydrogen-bond donors (Lipinski definition) is 2. The highest BCUT2D eigenvalue weighted by molar-refractivity contribution is 6.31. The molecule has 6 heteroatoms. The molecule has 0 unspecified atom stereocenters. The maximum absolute atomic E-state index is 12.7. The lowest BCUT2D eigenvalue weighted by atomic mass is 10.1. The third kappa shape index (κ3) is 5.71. The van der Waals surface area contributed by atoms with Crippen LogP contribution < -0.4 is 10.6 Å². The van der Waals surface area contributed by atoms with E-state index in [9.17, 15) is 9.59 Å². The largest absolute Gasteiger partial charge is 0.321 e. The van der Waals surface area contributed by atoms with Gasteiger partial charge in [0.15, 0.2) is 0 Å². The number of halogens is 1. The van der Waals surface area contributed by atoms with Gasteiger partial charge in [-0.1, -0.05) is 35.7 Å². The molecule has 0 aliphatic rings. The van der Waals surface area contributed by atoms with Gasteiger partial charge < -0.3 is 10.6 Å². The van der Waals surface area contributed by atoms with Crippen LogP contribution in [-0.4, -0.2) is 16.8 Å². The van der Waals surface area contributed by atoms with E-state index in [1.165, 1.54) is 12.3 Å². The van der Waals surface area contributed by atoms with E-state index in [2.05, 4.69) is 34.4 Å². The molecular formula is C23H16ClN3O2. The number of benzene rings is 2. The van der Waals surface area contributed by atoms with Crippen LogP contribution in [0.2, 0.25) is 5.02 Å². The fraction of sp³-hybridized carbons (Fsp3) is 0. The summed E-state index contributed by atoms with van der Waals surface area (Å²) in [5.41, 5.74) is 1.64. The van der Waals surface area contributed by atoms with Gasteiger partial charge >= 0.3 is 0 Å². The number of pyridine rings is 1. The van der Waals surface area contributed by atoms with Gasteiger partial charge in [0.2, 0.25) is 0 Å². The predicted octanol–water partition coefficient (Wildman–Crippen LogP) is 4.47. The number of nitrogens with one attached hydrogen (secondary N) is 2. The van der Waals surface area contributed by atoms with Gasteiger partial charge in [-0.25, -0.2) is 4.98 Å². The number of amides is 2. The number of aromatic nitrogens is 1. The topological polar surface area (TPSA) is 71.1 Å². The van der Waals surface area contributed by atoms with E-state index in [1.54, 1.807) is 48.5 Å². The van der Waals surface area contributed by atoms with Crippen molar-refractivity contribution in [3.05, 3.63) is 88.6 Å². The highest BCUT2D eigenvalue weighted by Crippen LogP contribution is 2.22. The molecule has 0 fully saturated rings. The first-order valence-corrected chi connectivity index (χ1v) is 8.68. The van der Waals surface area contributed by atoms with Gasteiger partial charge in [0, 0.05) is 22.3 Å². The summed E-state index contributed by atoms with van der Waals surface area (Å²) in [6, 6.07) is 16.6. The number of carbonyl (C=O) groups excluding carboxylic acids is 2. The summed E-state index contributed by atoms with van der Waals surface area (Å²) >= 11 is 6.03. The summed E-state index contributed by atoms with van der Waals surface area (Å²) in [4.78, 5) is 29.1. The van der Waals surface area contributed by atoms with Crippen LogP contribution in [0.4, 0.5) is 11.5 Å². The standard InChI is InChI=1S/C21H14ClN3O2.C2H2/c1-2-14-8-11-19(23-13-14)25-21(27)17-12-16(22)9-10-18(17)24-20(26)15-6-4-3-5-7-15;1-2/h1,3-13H,(H,24,26)(H,23,25,27);1-2H. The summed E-state index contributed by atoms with van der Waals surface area (Å²) in [6.07, 6.45) is 14.8. The van der Waals surface area contributed by atoms with E-state index in [4.69, 9.17) is 18.0 Å². The first-order valence-electron chi connectivity index (χ1n) is 8.30. The first kappa shape index (κ1) is 21.2. The predicted molar refractivity (Wildman–Crippen MR) is 116 cm³/mol. The van der Waals surface area contributed by atoms with Gasteiger partial charge in [-0.05, 0) is 42.5 Å². The molecule has 0 saturated heterocycles. The summed E-state index contributed by atoms with van der Waals surface area (Å²) in [7, 11) is 0.